The zero-order chi connectivity index (χ0) is 19.9. The highest BCUT2D eigenvalue weighted by molar-refractivity contribution is 7.90. The van der Waals surface area contributed by atoms with Crippen LogP contribution in [-0.2, 0) is 10.0 Å². The fraction of sp³-hybridized carbons (Fsp3) is 0.333. The monoisotopic (exact) mass is 418 g/mol. The van der Waals surface area contributed by atoms with Crippen molar-refractivity contribution in [3.05, 3.63) is 53.2 Å². The summed E-state index contributed by atoms with van der Waals surface area (Å²) in [6.07, 6.45) is 5.06. The quantitative estimate of drug-likeness (QED) is 0.608. The molecule has 3 aromatic rings. The van der Waals surface area contributed by atoms with Crippen LogP contribution in [0.15, 0.2) is 47.5 Å². The highest BCUT2D eigenvalue weighted by atomic mass is 35.5. The number of fused-ring (bicyclic) bond motifs is 1. The van der Waals surface area contributed by atoms with Crippen molar-refractivity contribution in [1.82, 2.24) is 3.97 Å². The number of aromatic nitrogens is 1. The topological polar surface area (TPSA) is 51.5 Å². The highest BCUT2D eigenvalue weighted by Gasteiger charge is 2.24. The molecule has 2 heterocycles. The van der Waals surface area contributed by atoms with Crippen LogP contribution in [0.2, 0.25) is 5.02 Å². The van der Waals surface area contributed by atoms with Gasteiger partial charge in [0.25, 0.3) is 10.0 Å². The van der Waals surface area contributed by atoms with Gasteiger partial charge >= 0.3 is 0 Å². The zero-order valence-electron chi connectivity index (χ0n) is 16.0. The molecule has 0 unspecified atom stereocenters. The molecule has 1 aromatic heterocycles. The van der Waals surface area contributed by atoms with Crippen LogP contribution in [0.25, 0.3) is 10.9 Å². The van der Waals surface area contributed by atoms with E-state index in [0.29, 0.717) is 16.3 Å². The molecule has 1 aliphatic heterocycles. The van der Waals surface area contributed by atoms with E-state index >= 15 is 0 Å². The first-order chi connectivity index (χ1) is 13.4. The standard InChI is InChI=1S/C21H23ClN2O3S/c1-15-14-24(19-8-6-16(22)12-18(15)19)28(25,26)17-7-9-21(27-2)20(13-17)23-10-4-3-5-11-23/h6-9,12-14H,3-5,10-11H2,1-2H3. The van der Waals surface area contributed by atoms with Crippen molar-refractivity contribution in [3.63, 3.8) is 0 Å². The number of rotatable bonds is 4. The molecular weight excluding hydrogens is 396 g/mol. The number of nitrogens with zero attached hydrogens (tertiary/aromatic N) is 2. The molecule has 0 bridgehead atoms. The summed E-state index contributed by atoms with van der Waals surface area (Å²) in [5.41, 5.74) is 2.32. The first kappa shape index (κ1) is 19.2. The predicted molar refractivity (Wildman–Crippen MR) is 113 cm³/mol. The van der Waals surface area contributed by atoms with E-state index in [1.165, 1.54) is 10.4 Å². The van der Waals surface area contributed by atoms with Crippen LogP contribution >= 0.6 is 11.6 Å². The lowest BCUT2D eigenvalue weighted by Gasteiger charge is -2.30. The zero-order valence-corrected chi connectivity index (χ0v) is 17.6. The molecule has 0 spiro atoms. The first-order valence-corrected chi connectivity index (χ1v) is 11.2. The maximum atomic E-state index is 13.5. The minimum atomic E-state index is -3.75. The molecule has 1 fully saturated rings. The second-order valence-electron chi connectivity index (χ2n) is 7.16. The largest absolute Gasteiger partial charge is 0.495 e. The number of anilines is 1. The highest BCUT2D eigenvalue weighted by Crippen LogP contribution is 2.35. The predicted octanol–water partition coefficient (Wildman–Crippen LogP) is 4.84. The summed E-state index contributed by atoms with van der Waals surface area (Å²) in [4.78, 5) is 2.46. The molecule has 148 valence electrons. The summed E-state index contributed by atoms with van der Waals surface area (Å²) in [6, 6.07) is 10.3. The lowest BCUT2D eigenvalue weighted by Crippen LogP contribution is -2.30. The van der Waals surface area contributed by atoms with Gasteiger partial charge < -0.3 is 9.64 Å². The van der Waals surface area contributed by atoms with E-state index in [0.717, 1.165) is 42.6 Å². The van der Waals surface area contributed by atoms with Gasteiger partial charge in [-0.25, -0.2) is 12.4 Å². The first-order valence-electron chi connectivity index (χ1n) is 9.37. The maximum absolute atomic E-state index is 13.5. The summed E-state index contributed by atoms with van der Waals surface area (Å²) >= 11 is 6.09. The van der Waals surface area contributed by atoms with E-state index in [1.54, 1.807) is 49.7 Å². The molecule has 5 nitrogen and oxygen atoms in total. The van der Waals surface area contributed by atoms with E-state index in [1.807, 2.05) is 6.92 Å². The van der Waals surface area contributed by atoms with Gasteiger partial charge in [-0.1, -0.05) is 11.6 Å². The number of benzene rings is 2. The van der Waals surface area contributed by atoms with Crippen LogP contribution < -0.4 is 9.64 Å². The Balaban J connectivity index is 1.84. The fourth-order valence-electron chi connectivity index (χ4n) is 3.86. The number of hydrogen-bond acceptors (Lipinski definition) is 4. The van der Waals surface area contributed by atoms with Crippen LogP contribution in [0.4, 0.5) is 5.69 Å². The second-order valence-corrected chi connectivity index (χ2v) is 9.41. The molecule has 0 N–H and O–H groups in total. The summed E-state index contributed by atoms with van der Waals surface area (Å²) in [5.74, 6) is 0.696. The van der Waals surface area contributed by atoms with E-state index in [2.05, 4.69) is 4.90 Å². The number of halogens is 1. The summed E-state index contributed by atoms with van der Waals surface area (Å²) < 4.78 is 33.7. The van der Waals surface area contributed by atoms with Gasteiger partial charge in [0.2, 0.25) is 0 Å². The Kier molecular flexibility index (Phi) is 5.02. The van der Waals surface area contributed by atoms with Gasteiger partial charge in [-0.3, -0.25) is 0 Å². The molecule has 1 aliphatic rings. The third-order valence-electron chi connectivity index (χ3n) is 5.34. The van der Waals surface area contributed by atoms with Crippen molar-refractivity contribution in [2.45, 2.75) is 31.1 Å². The second kappa shape index (κ2) is 7.33. The van der Waals surface area contributed by atoms with Gasteiger partial charge in [0.1, 0.15) is 5.75 Å². The average Bonchev–Trinajstić information content (AvgIpc) is 3.05. The van der Waals surface area contributed by atoms with Crippen LogP contribution in [0.5, 0.6) is 5.75 Å². The SMILES string of the molecule is COc1ccc(S(=O)(=O)n2cc(C)c3cc(Cl)ccc32)cc1N1CCCCC1. The fourth-order valence-corrected chi connectivity index (χ4v) is 5.47. The van der Waals surface area contributed by atoms with E-state index in [4.69, 9.17) is 16.3 Å². The third-order valence-corrected chi connectivity index (χ3v) is 7.24. The van der Waals surface area contributed by atoms with Gasteiger partial charge in [-0.05, 0) is 68.1 Å². The summed E-state index contributed by atoms with van der Waals surface area (Å²) in [5, 5.41) is 1.42. The molecule has 0 amide bonds. The van der Waals surface area contributed by atoms with Crippen LogP contribution in [0, 0.1) is 6.92 Å². The molecule has 7 heteroatoms. The van der Waals surface area contributed by atoms with Crippen LogP contribution in [0.3, 0.4) is 0 Å². The Bertz CT molecular complexity index is 1130. The Morgan fingerprint density at radius 1 is 1.04 bits per heavy atom. The number of ether oxygens (including phenoxy) is 1. The minimum Gasteiger partial charge on any atom is -0.495 e. The van der Waals surface area contributed by atoms with Gasteiger partial charge in [-0.15, -0.1) is 0 Å². The molecule has 4 rings (SSSR count). The van der Waals surface area contributed by atoms with Crippen molar-refractivity contribution in [2.75, 3.05) is 25.1 Å². The van der Waals surface area contributed by atoms with Gasteiger partial charge in [0.15, 0.2) is 0 Å². The maximum Gasteiger partial charge on any atom is 0.268 e. The number of piperidine rings is 1. The van der Waals surface area contributed by atoms with Crippen molar-refractivity contribution < 1.29 is 13.2 Å². The van der Waals surface area contributed by atoms with Gasteiger partial charge in [0.05, 0.1) is 23.2 Å². The van der Waals surface area contributed by atoms with Crippen LogP contribution in [0.1, 0.15) is 24.8 Å². The van der Waals surface area contributed by atoms with E-state index in [9.17, 15) is 8.42 Å². The molecule has 0 radical (unpaired) electrons. The number of aryl methyl sites for hydroxylation is 1. The van der Waals surface area contributed by atoms with Crippen LogP contribution in [-0.4, -0.2) is 32.6 Å². The minimum absolute atomic E-state index is 0.251. The van der Waals surface area contributed by atoms with Gasteiger partial charge in [-0.2, -0.15) is 0 Å². The van der Waals surface area contributed by atoms with Crippen molar-refractivity contribution >= 4 is 38.2 Å². The molecule has 1 saturated heterocycles. The van der Waals surface area contributed by atoms with Gasteiger partial charge in [0, 0.05) is 29.7 Å². The van der Waals surface area contributed by atoms with E-state index in [-0.39, 0.29) is 4.90 Å². The number of hydrogen-bond donors (Lipinski definition) is 0. The molecule has 0 atom stereocenters. The summed E-state index contributed by atoms with van der Waals surface area (Å²) in [6.45, 7) is 3.70. The molecule has 0 aliphatic carbocycles. The van der Waals surface area contributed by atoms with E-state index < -0.39 is 10.0 Å². The normalized spacial score (nSPS) is 15.2. The molecule has 28 heavy (non-hydrogen) atoms. The third kappa shape index (κ3) is 3.25. The molecular formula is C21H23ClN2O3S. The average molecular weight is 419 g/mol. The van der Waals surface area contributed by atoms with Crippen molar-refractivity contribution in [2.24, 2.45) is 0 Å². The Labute approximate surface area is 170 Å². The molecule has 0 saturated carbocycles. The Morgan fingerprint density at radius 2 is 1.79 bits per heavy atom. The van der Waals surface area contributed by atoms with Crippen molar-refractivity contribution in [3.8, 4) is 5.75 Å². The smallest absolute Gasteiger partial charge is 0.268 e. The Morgan fingerprint density at radius 3 is 2.50 bits per heavy atom. The molecule has 2 aromatic carbocycles. The Hall–Kier alpha value is -2.18. The van der Waals surface area contributed by atoms with Crippen molar-refractivity contribution in [1.29, 1.82) is 0 Å². The lowest BCUT2D eigenvalue weighted by atomic mass is 10.1. The number of methoxy groups -OCH3 is 1. The lowest BCUT2D eigenvalue weighted by molar-refractivity contribution is 0.412. The summed E-state index contributed by atoms with van der Waals surface area (Å²) in [7, 11) is -2.14.